The van der Waals surface area contributed by atoms with Crippen LogP contribution in [0.5, 0.6) is 0 Å². The van der Waals surface area contributed by atoms with Gasteiger partial charge in [0.05, 0.1) is 6.33 Å². The maximum absolute atomic E-state index is 8.13. The number of ether oxygens (including phenoxy) is 2. The van der Waals surface area contributed by atoms with Gasteiger partial charge in [-0.2, -0.15) is 0 Å². The molecule has 0 saturated carbocycles. The number of aromatic nitrogens is 5. The number of fused-ring (bicyclic) bond motifs is 1. The van der Waals surface area contributed by atoms with Gasteiger partial charge in [-0.1, -0.05) is 30.3 Å². The molecule has 1 aromatic carbocycles. The first-order valence-corrected chi connectivity index (χ1v) is 10.9. The van der Waals surface area contributed by atoms with Crippen molar-refractivity contribution in [3.05, 3.63) is 83.6 Å². The van der Waals surface area contributed by atoms with Crippen molar-refractivity contribution in [2.75, 3.05) is 0 Å². The van der Waals surface area contributed by atoms with Gasteiger partial charge in [0.2, 0.25) is 6.29 Å². The third-order valence-corrected chi connectivity index (χ3v) is 5.77. The molecule has 0 spiro atoms. The zero-order valence-electron chi connectivity index (χ0n) is 16.8. The minimum atomic E-state index is -0.346. The van der Waals surface area contributed by atoms with Crippen molar-refractivity contribution in [2.45, 2.75) is 37.4 Å². The minimum absolute atomic E-state index is 0.176. The van der Waals surface area contributed by atoms with Crippen LogP contribution in [0.25, 0.3) is 11.2 Å². The Morgan fingerprint density at radius 2 is 1.94 bits per heavy atom. The van der Waals surface area contributed by atoms with Crippen molar-refractivity contribution in [1.29, 1.82) is 5.41 Å². The average molecular weight is 435 g/mol. The van der Waals surface area contributed by atoms with E-state index in [0.29, 0.717) is 22.2 Å². The molecule has 2 N–H and O–H groups in total. The Balaban J connectivity index is 1.25. The lowest BCUT2D eigenvalue weighted by Crippen LogP contribution is -2.13. The molecule has 0 bridgehead atoms. The molecule has 9 heteroatoms. The molecule has 1 atom stereocenters. The quantitative estimate of drug-likeness (QED) is 0.442. The summed E-state index contributed by atoms with van der Waals surface area (Å²) in [4.78, 5) is 12.1. The summed E-state index contributed by atoms with van der Waals surface area (Å²) >= 11 is 1.35. The average Bonchev–Trinajstić information content (AvgIpc) is 3.53. The van der Waals surface area contributed by atoms with E-state index in [9.17, 15) is 0 Å². The van der Waals surface area contributed by atoms with Crippen molar-refractivity contribution in [2.24, 2.45) is 0 Å². The highest BCUT2D eigenvalue weighted by atomic mass is 32.2. The Bertz CT molecular complexity index is 1250. The molecule has 31 heavy (non-hydrogen) atoms. The molecule has 4 aromatic rings. The van der Waals surface area contributed by atoms with E-state index in [2.05, 4.69) is 44.0 Å². The highest BCUT2D eigenvalue weighted by Gasteiger charge is 2.22. The van der Waals surface area contributed by atoms with Crippen molar-refractivity contribution < 1.29 is 9.47 Å². The molecule has 0 radical (unpaired) electrons. The second kappa shape index (κ2) is 8.73. The lowest BCUT2D eigenvalue weighted by molar-refractivity contribution is -0.0236. The molecule has 1 unspecified atom stereocenters. The van der Waals surface area contributed by atoms with E-state index < -0.39 is 0 Å². The number of rotatable bonds is 8. The minimum Gasteiger partial charge on any atom is -0.458 e. The normalized spacial score (nSPS) is 15.6. The third kappa shape index (κ3) is 4.51. The lowest BCUT2D eigenvalue weighted by atomic mass is 10.1. The largest absolute Gasteiger partial charge is 0.458 e. The molecule has 3 aromatic heterocycles. The van der Waals surface area contributed by atoms with Crippen molar-refractivity contribution >= 4 is 22.9 Å². The van der Waals surface area contributed by atoms with Crippen LogP contribution in [-0.4, -0.2) is 30.4 Å². The van der Waals surface area contributed by atoms with Gasteiger partial charge < -0.3 is 23.6 Å². The molecule has 0 amide bonds. The number of imidazole rings is 1. The third-order valence-electron chi connectivity index (χ3n) is 4.99. The number of aryl methyl sites for hydroxylation is 2. The van der Waals surface area contributed by atoms with E-state index in [1.807, 2.05) is 34.9 Å². The monoisotopic (exact) mass is 434 g/mol. The molecular formula is C22H22N6O2S. The number of thioether (sulfide) groups is 1. The Hall–Kier alpha value is -3.46. The fourth-order valence-corrected chi connectivity index (χ4v) is 4.21. The van der Waals surface area contributed by atoms with Crippen LogP contribution >= 0.6 is 11.8 Å². The highest BCUT2D eigenvalue weighted by molar-refractivity contribution is 8.02. The van der Waals surface area contributed by atoms with Crippen molar-refractivity contribution in [3.8, 4) is 0 Å². The summed E-state index contributed by atoms with van der Waals surface area (Å²) in [5.74, 6) is 0. The van der Waals surface area contributed by atoms with Crippen molar-refractivity contribution in [3.63, 3.8) is 0 Å². The summed E-state index contributed by atoms with van der Waals surface area (Å²) in [6.07, 6.45) is 8.67. The Morgan fingerprint density at radius 3 is 2.77 bits per heavy atom. The standard InChI is InChI=1S/C22H22N6O2S/c23-20-19-21(28(15-24-20)12-6-11-27-9-4-5-10-27)26-22(25-19)31-18-14-29-17(30-18)13-16-7-2-1-3-8-16/h1-5,7-10,14-15,17,23H,6,11-13H2,(H,25,26). The molecule has 0 aliphatic carbocycles. The zero-order valence-corrected chi connectivity index (χ0v) is 17.6. The smallest absolute Gasteiger partial charge is 0.245 e. The van der Waals surface area contributed by atoms with E-state index in [1.165, 1.54) is 11.8 Å². The molecule has 158 valence electrons. The van der Waals surface area contributed by atoms with Crippen molar-refractivity contribution in [1.82, 2.24) is 24.1 Å². The first-order valence-electron chi connectivity index (χ1n) is 10.1. The van der Waals surface area contributed by atoms with Gasteiger partial charge in [0.15, 0.2) is 21.4 Å². The molecule has 5 rings (SSSR count). The van der Waals surface area contributed by atoms with E-state index in [-0.39, 0.29) is 11.8 Å². The predicted octanol–water partition coefficient (Wildman–Crippen LogP) is 3.64. The molecular weight excluding hydrogens is 412 g/mol. The molecule has 0 fully saturated rings. The second-order valence-electron chi connectivity index (χ2n) is 7.21. The van der Waals surface area contributed by atoms with Gasteiger partial charge in [-0.05, 0) is 35.9 Å². The number of hydrogen-bond donors (Lipinski definition) is 2. The van der Waals surface area contributed by atoms with Crippen LogP contribution in [0.4, 0.5) is 0 Å². The van der Waals surface area contributed by atoms with Crippen LogP contribution < -0.4 is 5.49 Å². The highest BCUT2D eigenvalue weighted by Crippen LogP contribution is 2.32. The van der Waals surface area contributed by atoms with Gasteiger partial charge in [0.25, 0.3) is 0 Å². The first kappa shape index (κ1) is 19.5. The van der Waals surface area contributed by atoms with Gasteiger partial charge in [0, 0.05) is 31.9 Å². The van der Waals surface area contributed by atoms with Crippen LogP contribution in [0.3, 0.4) is 0 Å². The summed E-state index contributed by atoms with van der Waals surface area (Å²) in [7, 11) is 0. The Labute approximate surface area is 183 Å². The van der Waals surface area contributed by atoms with E-state index in [0.717, 1.165) is 30.7 Å². The number of aromatic amines is 1. The van der Waals surface area contributed by atoms with E-state index in [4.69, 9.17) is 14.9 Å². The zero-order chi connectivity index (χ0) is 21.0. The van der Waals surface area contributed by atoms with Crippen LogP contribution in [0, 0.1) is 5.41 Å². The summed E-state index contributed by atoms with van der Waals surface area (Å²) in [6, 6.07) is 14.1. The lowest BCUT2D eigenvalue weighted by Gasteiger charge is -2.11. The molecule has 1 aliphatic rings. The maximum Gasteiger partial charge on any atom is 0.245 e. The summed E-state index contributed by atoms with van der Waals surface area (Å²) in [5.41, 5.74) is 2.67. The van der Waals surface area contributed by atoms with Gasteiger partial charge >= 0.3 is 0 Å². The van der Waals surface area contributed by atoms with Crippen LogP contribution in [0.15, 0.2) is 77.7 Å². The number of nitrogens with one attached hydrogen (secondary N) is 2. The number of benzene rings is 1. The van der Waals surface area contributed by atoms with Crippen LogP contribution in [-0.2, 0) is 29.0 Å². The predicted molar refractivity (Wildman–Crippen MR) is 117 cm³/mol. The molecule has 4 heterocycles. The first-order chi connectivity index (χ1) is 15.2. The molecule has 8 nitrogen and oxygen atoms in total. The number of hydrogen-bond acceptors (Lipinski definition) is 6. The van der Waals surface area contributed by atoms with Gasteiger partial charge in [-0.25, -0.2) is 9.97 Å². The Kier molecular flexibility index (Phi) is 5.49. The van der Waals surface area contributed by atoms with E-state index in [1.54, 1.807) is 12.6 Å². The SMILES string of the molecule is N=c1ncn(CCCn2cccc2)c2nc(SC3=COC(Cc4ccccc4)O3)[nH]c12. The topological polar surface area (TPSA) is 93.7 Å². The fraction of sp³-hybridized carbons (Fsp3) is 0.227. The maximum atomic E-state index is 8.13. The fourth-order valence-electron chi connectivity index (χ4n) is 3.47. The van der Waals surface area contributed by atoms with Crippen LogP contribution in [0.1, 0.15) is 12.0 Å². The summed E-state index contributed by atoms with van der Waals surface area (Å²) in [5, 5.41) is 9.41. The number of H-pyrrole nitrogens is 1. The second-order valence-corrected chi connectivity index (χ2v) is 8.21. The molecule has 0 saturated heterocycles. The molecule has 1 aliphatic heterocycles. The van der Waals surface area contributed by atoms with Gasteiger partial charge in [-0.3, -0.25) is 5.41 Å². The van der Waals surface area contributed by atoms with Crippen LogP contribution in [0.2, 0.25) is 0 Å². The van der Waals surface area contributed by atoms with Gasteiger partial charge in [0.1, 0.15) is 11.8 Å². The Morgan fingerprint density at radius 1 is 1.10 bits per heavy atom. The number of nitrogens with zero attached hydrogens (tertiary/aromatic N) is 4. The summed E-state index contributed by atoms with van der Waals surface area (Å²) < 4.78 is 15.7. The summed E-state index contributed by atoms with van der Waals surface area (Å²) in [6.45, 7) is 1.68. The van der Waals surface area contributed by atoms with E-state index >= 15 is 0 Å². The van der Waals surface area contributed by atoms with Gasteiger partial charge in [-0.15, -0.1) is 0 Å².